The predicted molar refractivity (Wildman–Crippen MR) is 89.6 cm³/mol. The van der Waals surface area contributed by atoms with E-state index in [1.807, 2.05) is 0 Å². The number of carbonyl (C=O) groups excluding carboxylic acids is 1. The molecule has 1 heterocycles. The van der Waals surface area contributed by atoms with Crippen molar-refractivity contribution in [2.45, 2.75) is 32.9 Å². The summed E-state index contributed by atoms with van der Waals surface area (Å²) in [6, 6.07) is 7.03. The van der Waals surface area contributed by atoms with E-state index < -0.39 is 17.7 Å². The number of carboxylic acids is 1. The van der Waals surface area contributed by atoms with E-state index in [9.17, 15) is 14.7 Å². The van der Waals surface area contributed by atoms with E-state index in [0.29, 0.717) is 5.02 Å². The Labute approximate surface area is 144 Å². The van der Waals surface area contributed by atoms with Gasteiger partial charge in [0.1, 0.15) is 17.0 Å². The molecule has 0 saturated carbocycles. The Morgan fingerprint density at radius 1 is 1.29 bits per heavy atom. The number of carbonyl (C=O) groups is 2. The van der Waals surface area contributed by atoms with Crippen molar-refractivity contribution in [3.8, 4) is 0 Å². The summed E-state index contributed by atoms with van der Waals surface area (Å²) in [5.41, 5.74) is 0.0376. The van der Waals surface area contributed by atoms with Crippen LogP contribution in [0.15, 0.2) is 30.5 Å². The molecule has 0 bridgehead atoms. The highest BCUT2D eigenvalue weighted by molar-refractivity contribution is 6.30. The summed E-state index contributed by atoms with van der Waals surface area (Å²) >= 11 is 5.85. The smallest absolute Gasteiger partial charge is 0.413 e. The van der Waals surface area contributed by atoms with Gasteiger partial charge in [0, 0.05) is 5.02 Å². The number of nitrogens with one attached hydrogen (secondary N) is 1. The van der Waals surface area contributed by atoms with Gasteiger partial charge in [-0.3, -0.25) is 5.32 Å². The molecule has 24 heavy (non-hydrogen) atoms. The maximum Gasteiger partial charge on any atom is 0.413 e. The Morgan fingerprint density at radius 2 is 1.92 bits per heavy atom. The van der Waals surface area contributed by atoms with Crippen molar-refractivity contribution in [3.63, 3.8) is 0 Å². The first-order chi connectivity index (χ1) is 11.2. The molecule has 8 heteroatoms. The first kappa shape index (κ1) is 17.8. The second kappa shape index (κ2) is 6.92. The fourth-order valence-electron chi connectivity index (χ4n) is 1.96. The number of aromatic carboxylic acids is 1. The van der Waals surface area contributed by atoms with E-state index in [-0.39, 0.29) is 17.9 Å². The lowest BCUT2D eigenvalue weighted by Crippen LogP contribution is -2.28. The quantitative estimate of drug-likeness (QED) is 0.877. The molecule has 1 aromatic heterocycles. The maximum atomic E-state index is 12.0. The van der Waals surface area contributed by atoms with Crippen molar-refractivity contribution in [1.29, 1.82) is 0 Å². The zero-order valence-corrected chi connectivity index (χ0v) is 14.3. The van der Waals surface area contributed by atoms with E-state index >= 15 is 0 Å². The Hall–Kier alpha value is -2.54. The number of hydrogen-bond acceptors (Lipinski definition) is 4. The lowest BCUT2D eigenvalue weighted by atomic mass is 10.2. The van der Waals surface area contributed by atoms with Gasteiger partial charge in [0.15, 0.2) is 0 Å². The zero-order valence-electron chi connectivity index (χ0n) is 13.5. The van der Waals surface area contributed by atoms with E-state index in [1.54, 1.807) is 45.0 Å². The second-order valence-electron chi connectivity index (χ2n) is 6.12. The number of anilines is 1. The van der Waals surface area contributed by atoms with E-state index in [0.717, 1.165) is 5.56 Å². The molecule has 2 aromatic rings. The van der Waals surface area contributed by atoms with Crippen LogP contribution < -0.4 is 5.32 Å². The number of benzene rings is 1. The summed E-state index contributed by atoms with van der Waals surface area (Å²) in [4.78, 5) is 23.3. The number of carboxylic acid groups (broad SMARTS) is 1. The van der Waals surface area contributed by atoms with E-state index in [1.165, 1.54) is 10.9 Å². The highest BCUT2D eigenvalue weighted by atomic mass is 35.5. The molecular weight excluding hydrogens is 334 g/mol. The summed E-state index contributed by atoms with van der Waals surface area (Å²) in [6.45, 7) is 5.43. The van der Waals surface area contributed by atoms with Crippen LogP contribution in [0.3, 0.4) is 0 Å². The number of nitrogens with zero attached hydrogens (tertiary/aromatic N) is 2. The van der Waals surface area contributed by atoms with Crippen molar-refractivity contribution in [1.82, 2.24) is 9.78 Å². The molecule has 0 saturated heterocycles. The monoisotopic (exact) mass is 351 g/mol. The number of halogens is 1. The van der Waals surface area contributed by atoms with Crippen LogP contribution in [-0.2, 0) is 11.3 Å². The van der Waals surface area contributed by atoms with Crippen molar-refractivity contribution >= 4 is 29.5 Å². The van der Waals surface area contributed by atoms with Gasteiger partial charge in [-0.05, 0) is 38.5 Å². The molecule has 0 atom stereocenters. The van der Waals surface area contributed by atoms with Gasteiger partial charge in [0.05, 0.1) is 12.7 Å². The molecule has 0 aliphatic heterocycles. The molecule has 2 rings (SSSR count). The highest BCUT2D eigenvalue weighted by Crippen LogP contribution is 2.19. The number of amides is 1. The van der Waals surface area contributed by atoms with Gasteiger partial charge in [-0.2, -0.15) is 5.10 Å². The minimum atomic E-state index is -1.19. The largest absolute Gasteiger partial charge is 0.477 e. The molecule has 0 unspecified atom stereocenters. The summed E-state index contributed by atoms with van der Waals surface area (Å²) in [6.07, 6.45) is 0.438. The second-order valence-corrected chi connectivity index (χ2v) is 6.56. The number of ether oxygens (including phenoxy) is 1. The third-order valence-corrected chi connectivity index (χ3v) is 3.19. The Balaban J connectivity index is 2.27. The minimum absolute atomic E-state index is 0.0618. The van der Waals surface area contributed by atoms with Crippen LogP contribution in [0.25, 0.3) is 0 Å². The molecule has 0 aliphatic rings. The van der Waals surface area contributed by atoms with Crippen LogP contribution in [-0.4, -0.2) is 32.6 Å². The average molecular weight is 352 g/mol. The van der Waals surface area contributed by atoms with Crippen LogP contribution >= 0.6 is 11.6 Å². The van der Waals surface area contributed by atoms with Crippen LogP contribution in [0.4, 0.5) is 10.6 Å². The third-order valence-electron chi connectivity index (χ3n) is 2.93. The fourth-order valence-corrected chi connectivity index (χ4v) is 2.08. The topological polar surface area (TPSA) is 93.4 Å². The normalized spacial score (nSPS) is 11.2. The highest BCUT2D eigenvalue weighted by Gasteiger charge is 2.22. The van der Waals surface area contributed by atoms with Crippen molar-refractivity contribution in [3.05, 3.63) is 46.6 Å². The summed E-state index contributed by atoms with van der Waals surface area (Å²) in [7, 11) is 0. The zero-order chi connectivity index (χ0) is 17.9. The van der Waals surface area contributed by atoms with E-state index in [2.05, 4.69) is 10.4 Å². The van der Waals surface area contributed by atoms with Gasteiger partial charge >= 0.3 is 12.1 Å². The maximum absolute atomic E-state index is 12.0. The Morgan fingerprint density at radius 3 is 2.46 bits per heavy atom. The lowest BCUT2D eigenvalue weighted by molar-refractivity contribution is 0.0634. The molecule has 1 aromatic carbocycles. The molecular formula is C16H18ClN3O4. The van der Waals surface area contributed by atoms with Gasteiger partial charge in [0.2, 0.25) is 0 Å². The van der Waals surface area contributed by atoms with Gasteiger partial charge in [-0.15, -0.1) is 0 Å². The minimum Gasteiger partial charge on any atom is -0.477 e. The van der Waals surface area contributed by atoms with Crippen LogP contribution in [0.2, 0.25) is 5.02 Å². The molecule has 0 aliphatic carbocycles. The summed E-state index contributed by atoms with van der Waals surface area (Å²) in [5, 5.41) is 16.4. The van der Waals surface area contributed by atoms with Crippen LogP contribution in [0.1, 0.15) is 36.7 Å². The van der Waals surface area contributed by atoms with Crippen molar-refractivity contribution in [2.75, 3.05) is 5.32 Å². The Kier molecular flexibility index (Phi) is 5.14. The number of rotatable bonds is 4. The number of hydrogen-bond donors (Lipinski definition) is 2. The first-order valence-corrected chi connectivity index (χ1v) is 7.57. The van der Waals surface area contributed by atoms with Crippen molar-refractivity contribution < 1.29 is 19.4 Å². The van der Waals surface area contributed by atoms with Gasteiger partial charge in [0.25, 0.3) is 0 Å². The molecule has 0 fully saturated rings. The van der Waals surface area contributed by atoms with Gasteiger partial charge < -0.3 is 9.84 Å². The van der Waals surface area contributed by atoms with Crippen LogP contribution in [0, 0.1) is 0 Å². The number of aromatic nitrogens is 2. The van der Waals surface area contributed by atoms with Crippen molar-refractivity contribution in [2.24, 2.45) is 0 Å². The summed E-state index contributed by atoms with van der Waals surface area (Å²) < 4.78 is 6.55. The molecule has 128 valence electrons. The molecule has 0 spiro atoms. The van der Waals surface area contributed by atoms with E-state index in [4.69, 9.17) is 16.3 Å². The fraction of sp³-hybridized carbons (Fsp3) is 0.312. The third kappa shape index (κ3) is 4.73. The molecule has 7 nitrogen and oxygen atoms in total. The average Bonchev–Trinajstić information content (AvgIpc) is 2.82. The Bertz CT molecular complexity index is 748. The summed E-state index contributed by atoms with van der Waals surface area (Å²) in [5.74, 6) is -1.13. The first-order valence-electron chi connectivity index (χ1n) is 7.19. The molecule has 0 radical (unpaired) electrons. The predicted octanol–water partition coefficient (Wildman–Crippen LogP) is 3.63. The lowest BCUT2D eigenvalue weighted by Gasteiger charge is -2.20. The standard InChI is InChI=1S/C16H18ClN3O4/c1-16(2,3)24-15(23)19-13-12(14(21)22)8-18-20(13)9-10-4-6-11(17)7-5-10/h4-8H,9H2,1-3H3,(H,19,23)(H,21,22). The molecule has 1 amide bonds. The molecule has 2 N–H and O–H groups in total. The van der Waals surface area contributed by atoms with Crippen LogP contribution in [0.5, 0.6) is 0 Å². The van der Waals surface area contributed by atoms with Gasteiger partial charge in [-0.1, -0.05) is 23.7 Å². The SMILES string of the molecule is CC(C)(C)OC(=O)Nc1c(C(=O)O)cnn1Cc1ccc(Cl)cc1. The van der Waals surface area contributed by atoms with Gasteiger partial charge in [-0.25, -0.2) is 14.3 Å².